The van der Waals surface area contributed by atoms with Gasteiger partial charge in [0, 0.05) is 51.7 Å². The maximum atomic E-state index is 13.2. The van der Waals surface area contributed by atoms with Gasteiger partial charge in [0.05, 0.1) is 47.3 Å². The van der Waals surface area contributed by atoms with Gasteiger partial charge in [0.2, 0.25) is 0 Å². The molecule has 1 aromatic carbocycles. The first-order chi connectivity index (χ1) is 17.0. The summed E-state index contributed by atoms with van der Waals surface area (Å²) in [5, 5.41) is 11.5. The van der Waals surface area contributed by atoms with Crippen LogP contribution >= 0.6 is 0 Å². The number of carbonyl (C=O) groups is 1. The van der Waals surface area contributed by atoms with Crippen molar-refractivity contribution in [2.45, 2.75) is 25.0 Å². The highest BCUT2D eigenvalue weighted by Crippen LogP contribution is 2.30. The van der Waals surface area contributed by atoms with Crippen molar-refractivity contribution in [3.63, 3.8) is 0 Å². The van der Waals surface area contributed by atoms with Crippen molar-refractivity contribution >= 4 is 33.7 Å². The number of hydrogen-bond donors (Lipinski definition) is 1. The monoisotopic (exact) mass is 474 g/mol. The number of methoxy groups -OCH3 is 1. The third-order valence-corrected chi connectivity index (χ3v) is 6.65. The van der Waals surface area contributed by atoms with E-state index in [1.165, 1.54) is 0 Å². The number of aliphatic hydroxyl groups is 1. The number of amides is 1. The fourth-order valence-corrected chi connectivity index (χ4v) is 4.97. The molecule has 1 aliphatic rings. The molecule has 5 rings (SSSR count). The van der Waals surface area contributed by atoms with E-state index in [9.17, 15) is 9.90 Å². The van der Waals surface area contributed by atoms with Gasteiger partial charge in [-0.15, -0.1) is 0 Å². The molecule has 3 aromatic heterocycles. The van der Waals surface area contributed by atoms with Crippen LogP contribution in [-0.2, 0) is 11.3 Å². The van der Waals surface area contributed by atoms with Crippen LogP contribution in [0.4, 0.5) is 5.69 Å². The van der Waals surface area contributed by atoms with Gasteiger partial charge in [-0.05, 0) is 49.2 Å². The number of ether oxygens (including phenoxy) is 1. The van der Waals surface area contributed by atoms with Crippen LogP contribution in [0.1, 0.15) is 23.2 Å². The van der Waals surface area contributed by atoms with Crippen LogP contribution in [0, 0.1) is 0 Å². The molecule has 1 N–H and O–H groups in total. The smallest absolute Gasteiger partial charge is 0.253 e. The molecule has 0 radical (unpaired) electrons. The van der Waals surface area contributed by atoms with Crippen LogP contribution in [0.3, 0.4) is 0 Å². The molecule has 35 heavy (non-hydrogen) atoms. The van der Waals surface area contributed by atoms with E-state index in [-0.39, 0.29) is 12.5 Å². The number of anilines is 1. The van der Waals surface area contributed by atoms with Crippen LogP contribution in [0.2, 0.25) is 0 Å². The number of nitrogens with zero attached hydrogens (tertiary/aromatic N) is 6. The van der Waals surface area contributed by atoms with Crippen molar-refractivity contribution in [1.29, 1.82) is 0 Å². The standard InChI is InChI=1S/C26H30N6O3/c1-30(25(33)19-6-7-22-21(15-19)29-18-32(22)13-14-35-2)16-26(34)9-4-12-31(17-26)23-8-11-27-20-5-3-10-28-24(20)23/h3,5-8,10-11,15,18,34H,4,9,12-14,16-17H2,1-2H3. The highest BCUT2D eigenvalue weighted by atomic mass is 16.5. The largest absolute Gasteiger partial charge is 0.386 e. The van der Waals surface area contributed by atoms with Crippen molar-refractivity contribution in [1.82, 2.24) is 24.4 Å². The van der Waals surface area contributed by atoms with Crippen LogP contribution in [0.5, 0.6) is 0 Å². The minimum Gasteiger partial charge on any atom is -0.386 e. The fraction of sp³-hybridized carbons (Fsp3) is 0.385. The third kappa shape index (κ3) is 4.69. The number of fused-ring (bicyclic) bond motifs is 2. The number of imidazole rings is 1. The summed E-state index contributed by atoms with van der Waals surface area (Å²) in [6.45, 7) is 2.77. The van der Waals surface area contributed by atoms with Gasteiger partial charge in [0.15, 0.2) is 0 Å². The number of carbonyl (C=O) groups excluding carboxylic acids is 1. The van der Waals surface area contributed by atoms with Crippen molar-refractivity contribution in [3.05, 3.63) is 60.7 Å². The lowest BCUT2D eigenvalue weighted by Gasteiger charge is -2.42. The lowest BCUT2D eigenvalue weighted by atomic mass is 9.91. The highest BCUT2D eigenvalue weighted by Gasteiger charge is 2.36. The Balaban J connectivity index is 1.31. The summed E-state index contributed by atoms with van der Waals surface area (Å²) in [6.07, 6.45) is 6.74. The van der Waals surface area contributed by atoms with E-state index < -0.39 is 5.60 Å². The Morgan fingerprint density at radius 3 is 2.91 bits per heavy atom. The average molecular weight is 475 g/mol. The normalized spacial score (nSPS) is 18.3. The van der Waals surface area contributed by atoms with Crippen molar-refractivity contribution in [3.8, 4) is 0 Å². The zero-order valence-electron chi connectivity index (χ0n) is 20.1. The minimum atomic E-state index is -1.03. The second kappa shape index (κ2) is 9.59. The van der Waals surface area contributed by atoms with Crippen molar-refractivity contribution in [2.24, 2.45) is 0 Å². The predicted octanol–water partition coefficient (Wildman–Crippen LogP) is 2.73. The van der Waals surface area contributed by atoms with E-state index in [0.717, 1.165) is 40.7 Å². The van der Waals surface area contributed by atoms with Gasteiger partial charge in [-0.3, -0.25) is 14.8 Å². The zero-order chi connectivity index (χ0) is 24.4. The lowest BCUT2D eigenvalue weighted by molar-refractivity contribution is 0.0000673. The molecule has 4 aromatic rings. The van der Waals surface area contributed by atoms with E-state index in [4.69, 9.17) is 4.74 Å². The molecule has 4 heterocycles. The molecule has 0 saturated carbocycles. The molecule has 1 fully saturated rings. The first kappa shape index (κ1) is 23.2. The van der Waals surface area contributed by atoms with Crippen LogP contribution < -0.4 is 4.90 Å². The second-order valence-corrected chi connectivity index (χ2v) is 9.25. The quantitative estimate of drug-likeness (QED) is 0.440. The van der Waals surface area contributed by atoms with Gasteiger partial charge in [0.25, 0.3) is 5.91 Å². The van der Waals surface area contributed by atoms with Crippen LogP contribution in [0.15, 0.2) is 55.1 Å². The maximum Gasteiger partial charge on any atom is 0.253 e. The van der Waals surface area contributed by atoms with E-state index in [1.54, 1.807) is 37.8 Å². The first-order valence-electron chi connectivity index (χ1n) is 11.8. The third-order valence-electron chi connectivity index (χ3n) is 6.65. The Labute approximate surface area is 204 Å². The average Bonchev–Trinajstić information content (AvgIpc) is 3.28. The number of pyridine rings is 2. The summed E-state index contributed by atoms with van der Waals surface area (Å²) >= 11 is 0. The molecule has 9 heteroatoms. The van der Waals surface area contributed by atoms with Gasteiger partial charge in [-0.2, -0.15) is 0 Å². The number of aromatic nitrogens is 4. The van der Waals surface area contributed by atoms with E-state index in [2.05, 4.69) is 19.9 Å². The molecule has 1 saturated heterocycles. The second-order valence-electron chi connectivity index (χ2n) is 9.25. The summed E-state index contributed by atoms with van der Waals surface area (Å²) in [6, 6.07) is 11.3. The highest BCUT2D eigenvalue weighted by molar-refractivity contribution is 5.97. The molecule has 1 unspecified atom stereocenters. The Hall–Kier alpha value is -3.56. The zero-order valence-corrected chi connectivity index (χ0v) is 20.1. The molecule has 0 spiro atoms. The fourth-order valence-electron chi connectivity index (χ4n) is 4.97. The van der Waals surface area contributed by atoms with Gasteiger partial charge in [-0.25, -0.2) is 4.98 Å². The summed E-state index contributed by atoms with van der Waals surface area (Å²) in [5.41, 5.74) is 3.85. The Bertz CT molecular complexity index is 1350. The van der Waals surface area contributed by atoms with Gasteiger partial charge in [-0.1, -0.05) is 0 Å². The number of piperidine rings is 1. The number of likely N-dealkylation sites (N-methyl/N-ethyl adjacent to an activating group) is 1. The molecular weight excluding hydrogens is 444 g/mol. The number of rotatable bonds is 7. The predicted molar refractivity (Wildman–Crippen MR) is 135 cm³/mol. The molecule has 1 atom stereocenters. The molecule has 182 valence electrons. The summed E-state index contributed by atoms with van der Waals surface area (Å²) in [4.78, 5) is 30.3. The molecule has 9 nitrogen and oxygen atoms in total. The number of benzene rings is 1. The van der Waals surface area contributed by atoms with Crippen LogP contribution in [-0.4, -0.2) is 81.4 Å². The molecule has 1 amide bonds. The maximum absolute atomic E-state index is 13.2. The molecular formula is C26H30N6O3. The Morgan fingerprint density at radius 2 is 2.06 bits per heavy atom. The van der Waals surface area contributed by atoms with Gasteiger partial charge < -0.3 is 24.2 Å². The SMILES string of the molecule is COCCn1cnc2cc(C(=O)N(C)CC3(O)CCCN(c4ccnc5cccnc45)C3)ccc21. The topological polar surface area (TPSA) is 96.6 Å². The van der Waals surface area contributed by atoms with Crippen molar-refractivity contribution in [2.75, 3.05) is 45.3 Å². The summed E-state index contributed by atoms with van der Waals surface area (Å²) in [7, 11) is 3.41. The minimum absolute atomic E-state index is 0.139. The van der Waals surface area contributed by atoms with Gasteiger partial charge in [0.1, 0.15) is 5.52 Å². The first-order valence-corrected chi connectivity index (χ1v) is 11.8. The Kier molecular flexibility index (Phi) is 6.36. The molecule has 0 bridgehead atoms. The number of hydrogen-bond acceptors (Lipinski definition) is 7. The van der Waals surface area contributed by atoms with E-state index in [1.807, 2.05) is 41.0 Å². The van der Waals surface area contributed by atoms with Gasteiger partial charge >= 0.3 is 0 Å². The Morgan fingerprint density at radius 1 is 1.17 bits per heavy atom. The van der Waals surface area contributed by atoms with E-state index in [0.29, 0.717) is 31.7 Å². The molecule has 1 aliphatic heterocycles. The molecule has 0 aliphatic carbocycles. The van der Waals surface area contributed by atoms with Crippen LogP contribution in [0.25, 0.3) is 22.1 Å². The van der Waals surface area contributed by atoms with E-state index >= 15 is 0 Å². The number of β-amino-alcohol motifs (C(OH)–C–C–N with tert-alkyl or cyclic N) is 1. The van der Waals surface area contributed by atoms with Crippen molar-refractivity contribution < 1.29 is 14.6 Å². The summed E-state index contributed by atoms with van der Waals surface area (Å²) < 4.78 is 7.16. The lowest BCUT2D eigenvalue weighted by Crippen LogP contribution is -2.54. The summed E-state index contributed by atoms with van der Waals surface area (Å²) in [5.74, 6) is -0.139.